The van der Waals surface area contributed by atoms with E-state index in [9.17, 15) is 0 Å². The van der Waals surface area contributed by atoms with Gasteiger partial charge in [0.2, 0.25) is 0 Å². The van der Waals surface area contributed by atoms with Crippen LogP contribution in [0.1, 0.15) is 0 Å². The number of ether oxygens (including phenoxy) is 2. The Morgan fingerprint density at radius 3 is 1.93 bits per heavy atom. The summed E-state index contributed by atoms with van der Waals surface area (Å²) in [5.41, 5.74) is 0. The van der Waals surface area contributed by atoms with E-state index in [0.29, 0.717) is 6.61 Å². The molecular weight excluding hydrogens is 196 g/mol. The largest absolute Gasteiger partial charge is 0.395 e. The summed E-state index contributed by atoms with van der Waals surface area (Å²) in [7, 11) is 0. The van der Waals surface area contributed by atoms with Crippen LogP contribution in [0.2, 0.25) is 0 Å². The standard InChI is InChI=1S/C6H14N2O.C4H8O2/c9-6-5-8-3-1-7-2-4-8;1-2-6-4-3-5-1/h7,9H,1-6H2;1-4H2. The molecule has 0 atom stereocenters. The molecule has 0 saturated carbocycles. The molecule has 0 bridgehead atoms. The molecule has 2 N–H and O–H groups in total. The molecule has 5 heteroatoms. The van der Waals surface area contributed by atoms with E-state index in [2.05, 4.69) is 10.2 Å². The van der Waals surface area contributed by atoms with Crippen LogP contribution in [-0.4, -0.2) is 75.8 Å². The van der Waals surface area contributed by atoms with Crippen molar-refractivity contribution >= 4 is 0 Å². The van der Waals surface area contributed by atoms with Crippen LogP contribution in [0.5, 0.6) is 0 Å². The summed E-state index contributed by atoms with van der Waals surface area (Å²) in [6.07, 6.45) is 0. The summed E-state index contributed by atoms with van der Waals surface area (Å²) in [4.78, 5) is 2.26. The third kappa shape index (κ3) is 6.81. The van der Waals surface area contributed by atoms with E-state index < -0.39 is 0 Å². The summed E-state index contributed by atoms with van der Waals surface area (Å²) in [6, 6.07) is 0. The first kappa shape index (κ1) is 12.9. The van der Waals surface area contributed by atoms with Gasteiger partial charge in [0.15, 0.2) is 0 Å². The van der Waals surface area contributed by atoms with Crippen LogP contribution in [0.3, 0.4) is 0 Å². The fraction of sp³-hybridized carbons (Fsp3) is 1.00. The lowest BCUT2D eigenvalue weighted by Crippen LogP contribution is -2.44. The highest BCUT2D eigenvalue weighted by atomic mass is 16.6. The van der Waals surface area contributed by atoms with Gasteiger partial charge in [-0.25, -0.2) is 0 Å². The molecule has 0 aliphatic carbocycles. The molecular formula is C10H22N2O3. The number of hydrogen-bond acceptors (Lipinski definition) is 5. The van der Waals surface area contributed by atoms with Gasteiger partial charge in [-0.3, -0.25) is 4.90 Å². The molecule has 2 heterocycles. The number of aliphatic hydroxyl groups excluding tert-OH is 1. The minimum atomic E-state index is 0.292. The predicted molar refractivity (Wildman–Crippen MR) is 58.0 cm³/mol. The van der Waals surface area contributed by atoms with Gasteiger partial charge < -0.3 is 19.9 Å². The van der Waals surface area contributed by atoms with Crippen LogP contribution in [0.15, 0.2) is 0 Å². The molecule has 2 saturated heterocycles. The zero-order chi connectivity index (χ0) is 10.8. The van der Waals surface area contributed by atoms with E-state index in [1.165, 1.54) is 0 Å². The molecule has 2 aliphatic rings. The van der Waals surface area contributed by atoms with E-state index >= 15 is 0 Å². The molecule has 0 aromatic rings. The average molecular weight is 218 g/mol. The van der Waals surface area contributed by atoms with Crippen molar-refractivity contribution in [3.63, 3.8) is 0 Å². The first-order chi connectivity index (χ1) is 7.43. The van der Waals surface area contributed by atoms with Crippen LogP contribution in [0.4, 0.5) is 0 Å². The summed E-state index contributed by atoms with van der Waals surface area (Å²) >= 11 is 0. The fourth-order valence-corrected chi connectivity index (χ4v) is 1.52. The number of nitrogens with zero attached hydrogens (tertiary/aromatic N) is 1. The van der Waals surface area contributed by atoms with E-state index in [1.807, 2.05) is 0 Å². The molecule has 2 aliphatic heterocycles. The highest BCUT2D eigenvalue weighted by Crippen LogP contribution is 1.89. The SMILES string of the molecule is C1COCCO1.OCCN1CCNCC1. The maximum atomic E-state index is 8.56. The van der Waals surface area contributed by atoms with Crippen molar-refractivity contribution in [1.29, 1.82) is 0 Å². The van der Waals surface area contributed by atoms with Crippen LogP contribution >= 0.6 is 0 Å². The smallest absolute Gasteiger partial charge is 0.0701 e. The third-order valence-corrected chi connectivity index (χ3v) is 2.37. The third-order valence-electron chi connectivity index (χ3n) is 2.37. The average Bonchev–Trinajstić information content (AvgIpc) is 2.34. The van der Waals surface area contributed by atoms with Crippen molar-refractivity contribution in [3.8, 4) is 0 Å². The molecule has 0 unspecified atom stereocenters. The number of nitrogens with one attached hydrogen (secondary N) is 1. The minimum absolute atomic E-state index is 0.292. The number of piperazine rings is 1. The lowest BCUT2D eigenvalue weighted by Gasteiger charge is -2.25. The highest BCUT2D eigenvalue weighted by Gasteiger charge is 2.06. The Balaban J connectivity index is 0.000000162. The Kier molecular flexibility index (Phi) is 7.77. The van der Waals surface area contributed by atoms with Crippen molar-refractivity contribution in [2.45, 2.75) is 0 Å². The van der Waals surface area contributed by atoms with Gasteiger partial charge in [0.1, 0.15) is 0 Å². The number of hydrogen-bond donors (Lipinski definition) is 2. The van der Waals surface area contributed by atoms with Crippen molar-refractivity contribution < 1.29 is 14.6 Å². The Bertz CT molecular complexity index is 122. The molecule has 2 rings (SSSR count). The molecule has 15 heavy (non-hydrogen) atoms. The van der Waals surface area contributed by atoms with Crippen LogP contribution in [0, 0.1) is 0 Å². The second-order valence-corrected chi connectivity index (χ2v) is 3.54. The highest BCUT2D eigenvalue weighted by molar-refractivity contribution is 4.66. The molecule has 0 amide bonds. The van der Waals surface area contributed by atoms with Crippen molar-refractivity contribution in [1.82, 2.24) is 10.2 Å². The topological polar surface area (TPSA) is 54.0 Å². The quantitative estimate of drug-likeness (QED) is 0.617. The van der Waals surface area contributed by atoms with Crippen LogP contribution in [-0.2, 0) is 9.47 Å². The van der Waals surface area contributed by atoms with Gasteiger partial charge in [-0.2, -0.15) is 0 Å². The predicted octanol–water partition coefficient (Wildman–Crippen LogP) is -1.08. The first-order valence-electron chi connectivity index (χ1n) is 5.63. The second kappa shape index (κ2) is 9.06. The van der Waals surface area contributed by atoms with Gasteiger partial charge in [-0.05, 0) is 0 Å². The number of rotatable bonds is 2. The van der Waals surface area contributed by atoms with Crippen LogP contribution in [0.25, 0.3) is 0 Å². The van der Waals surface area contributed by atoms with Gasteiger partial charge in [0, 0.05) is 32.7 Å². The Morgan fingerprint density at radius 2 is 1.53 bits per heavy atom. The maximum Gasteiger partial charge on any atom is 0.0701 e. The molecule has 0 aromatic heterocycles. The van der Waals surface area contributed by atoms with Crippen LogP contribution < -0.4 is 5.32 Å². The van der Waals surface area contributed by atoms with Gasteiger partial charge in [-0.1, -0.05) is 0 Å². The molecule has 5 nitrogen and oxygen atoms in total. The Morgan fingerprint density at radius 1 is 1.00 bits per heavy atom. The van der Waals surface area contributed by atoms with Gasteiger partial charge in [0.05, 0.1) is 33.0 Å². The van der Waals surface area contributed by atoms with E-state index in [1.54, 1.807) is 0 Å². The van der Waals surface area contributed by atoms with Crippen molar-refractivity contribution in [2.75, 3.05) is 65.8 Å². The molecule has 0 spiro atoms. The first-order valence-corrected chi connectivity index (χ1v) is 5.63. The lowest BCUT2D eigenvalue weighted by atomic mass is 10.4. The summed E-state index contributed by atoms with van der Waals surface area (Å²) in [6.45, 7) is 8.54. The lowest BCUT2D eigenvalue weighted by molar-refractivity contribution is -0.0334. The summed E-state index contributed by atoms with van der Waals surface area (Å²) in [5, 5.41) is 11.8. The fourth-order valence-electron chi connectivity index (χ4n) is 1.52. The van der Waals surface area contributed by atoms with Gasteiger partial charge >= 0.3 is 0 Å². The van der Waals surface area contributed by atoms with E-state index in [4.69, 9.17) is 14.6 Å². The summed E-state index contributed by atoms with van der Waals surface area (Å²) < 4.78 is 9.89. The Labute approximate surface area is 91.3 Å². The zero-order valence-electron chi connectivity index (χ0n) is 9.28. The normalized spacial score (nSPS) is 23.0. The molecule has 0 aromatic carbocycles. The summed E-state index contributed by atoms with van der Waals surface area (Å²) in [5.74, 6) is 0. The van der Waals surface area contributed by atoms with E-state index in [0.717, 1.165) is 59.2 Å². The van der Waals surface area contributed by atoms with E-state index in [-0.39, 0.29) is 0 Å². The maximum absolute atomic E-state index is 8.56. The monoisotopic (exact) mass is 218 g/mol. The number of aliphatic hydroxyl groups is 1. The van der Waals surface area contributed by atoms with Gasteiger partial charge in [-0.15, -0.1) is 0 Å². The molecule has 90 valence electrons. The van der Waals surface area contributed by atoms with Crippen molar-refractivity contribution in [2.24, 2.45) is 0 Å². The molecule has 2 fully saturated rings. The molecule has 0 radical (unpaired) electrons. The zero-order valence-corrected chi connectivity index (χ0v) is 9.28. The minimum Gasteiger partial charge on any atom is -0.395 e. The Hall–Kier alpha value is -0.200. The van der Waals surface area contributed by atoms with Gasteiger partial charge in [0.25, 0.3) is 0 Å². The second-order valence-electron chi connectivity index (χ2n) is 3.54. The van der Waals surface area contributed by atoms with Crippen molar-refractivity contribution in [3.05, 3.63) is 0 Å². The number of β-amino-alcohol motifs (C(OH)–C–C–N with tert-alkyl or cyclic N) is 1.